The highest BCUT2D eigenvalue weighted by Crippen LogP contribution is 2.34. The van der Waals surface area contributed by atoms with Crippen LogP contribution in [-0.4, -0.2) is 47.1 Å². The van der Waals surface area contributed by atoms with E-state index in [1.807, 2.05) is 6.07 Å². The standard InChI is InChI=1S/C21H18F3N3O2/c22-21(23,24)16-6-2-1-5-14(16)13-15(20(28)27-9-11-29-12-10-27)19-25-17-7-3-4-8-18(17)26-19/h1-8,13H,9-12H2,(H,25,26)/b15-13+. The molecule has 0 saturated carbocycles. The number of aromatic amines is 1. The van der Waals surface area contributed by atoms with E-state index in [4.69, 9.17) is 4.74 Å². The summed E-state index contributed by atoms with van der Waals surface area (Å²) in [6.45, 7) is 1.52. The Morgan fingerprint density at radius 3 is 2.48 bits per heavy atom. The number of alkyl halides is 3. The summed E-state index contributed by atoms with van der Waals surface area (Å²) in [5.74, 6) is -0.149. The molecule has 8 heteroatoms. The van der Waals surface area contributed by atoms with E-state index >= 15 is 0 Å². The smallest absolute Gasteiger partial charge is 0.378 e. The zero-order valence-corrected chi connectivity index (χ0v) is 15.4. The van der Waals surface area contributed by atoms with E-state index in [1.165, 1.54) is 24.3 Å². The Balaban J connectivity index is 1.84. The van der Waals surface area contributed by atoms with E-state index in [1.54, 1.807) is 23.1 Å². The molecule has 0 unspecified atom stereocenters. The van der Waals surface area contributed by atoms with Crippen molar-refractivity contribution in [2.24, 2.45) is 0 Å². The van der Waals surface area contributed by atoms with Crippen molar-refractivity contribution >= 4 is 28.6 Å². The summed E-state index contributed by atoms with van der Waals surface area (Å²) < 4.78 is 45.7. The van der Waals surface area contributed by atoms with Gasteiger partial charge >= 0.3 is 6.18 Å². The van der Waals surface area contributed by atoms with Gasteiger partial charge in [-0.25, -0.2) is 4.98 Å². The molecule has 150 valence electrons. The first-order valence-corrected chi connectivity index (χ1v) is 9.13. The number of para-hydroxylation sites is 2. The SMILES string of the molecule is O=C(/C(=C/c1ccccc1C(F)(F)F)c1nc2ccccc2[nH]1)N1CCOCC1. The number of nitrogens with zero attached hydrogens (tertiary/aromatic N) is 2. The highest BCUT2D eigenvalue weighted by atomic mass is 19.4. The van der Waals surface area contributed by atoms with Crippen molar-refractivity contribution < 1.29 is 22.7 Å². The van der Waals surface area contributed by atoms with Crippen LogP contribution in [0.25, 0.3) is 22.7 Å². The lowest BCUT2D eigenvalue weighted by Gasteiger charge is -2.27. The molecular weight excluding hydrogens is 383 g/mol. The number of H-pyrrole nitrogens is 1. The Kier molecular flexibility index (Phi) is 5.10. The highest BCUT2D eigenvalue weighted by molar-refractivity contribution is 6.23. The van der Waals surface area contributed by atoms with Gasteiger partial charge in [0.05, 0.1) is 35.4 Å². The number of carbonyl (C=O) groups is 1. The molecule has 2 aromatic carbocycles. The van der Waals surface area contributed by atoms with Crippen LogP contribution in [0.2, 0.25) is 0 Å². The monoisotopic (exact) mass is 401 g/mol. The second-order valence-corrected chi connectivity index (χ2v) is 6.65. The average molecular weight is 401 g/mol. The molecule has 0 atom stereocenters. The Hall–Kier alpha value is -3.13. The van der Waals surface area contributed by atoms with Gasteiger partial charge in [0.25, 0.3) is 5.91 Å². The fourth-order valence-corrected chi connectivity index (χ4v) is 3.29. The second kappa shape index (κ2) is 7.71. The van der Waals surface area contributed by atoms with Crippen LogP contribution < -0.4 is 0 Å². The molecule has 1 aromatic heterocycles. The molecule has 0 aliphatic carbocycles. The Morgan fingerprint density at radius 2 is 1.76 bits per heavy atom. The number of benzene rings is 2. The minimum absolute atomic E-state index is 0.0831. The van der Waals surface area contributed by atoms with Crippen molar-refractivity contribution in [3.05, 3.63) is 65.5 Å². The van der Waals surface area contributed by atoms with Crippen LogP contribution in [-0.2, 0) is 15.7 Å². The lowest BCUT2D eigenvalue weighted by molar-refractivity contribution is -0.137. The summed E-state index contributed by atoms with van der Waals surface area (Å²) in [5.41, 5.74) is 0.528. The molecule has 3 aromatic rings. The first-order chi connectivity index (χ1) is 13.9. The maximum Gasteiger partial charge on any atom is 0.416 e. The third-order valence-corrected chi connectivity index (χ3v) is 4.74. The summed E-state index contributed by atoms with van der Waals surface area (Å²) in [6, 6.07) is 12.4. The number of halogens is 3. The van der Waals surface area contributed by atoms with Gasteiger partial charge in [0.2, 0.25) is 0 Å². The third kappa shape index (κ3) is 4.02. The lowest BCUT2D eigenvalue weighted by Crippen LogP contribution is -2.41. The number of morpholine rings is 1. The summed E-state index contributed by atoms with van der Waals surface area (Å²) in [4.78, 5) is 22.3. The molecular formula is C21H18F3N3O2. The molecule has 0 bridgehead atoms. The molecule has 1 aliphatic heterocycles. The van der Waals surface area contributed by atoms with Gasteiger partial charge in [-0.15, -0.1) is 0 Å². The zero-order chi connectivity index (χ0) is 20.4. The number of carbonyl (C=O) groups excluding carboxylic acids is 1. The van der Waals surface area contributed by atoms with Crippen LogP contribution in [0.5, 0.6) is 0 Å². The molecule has 29 heavy (non-hydrogen) atoms. The predicted molar refractivity (Wildman–Crippen MR) is 103 cm³/mol. The first-order valence-electron chi connectivity index (χ1n) is 9.13. The van der Waals surface area contributed by atoms with Gasteiger partial charge in [-0.05, 0) is 29.8 Å². The summed E-state index contributed by atoms with van der Waals surface area (Å²) in [7, 11) is 0. The maximum absolute atomic E-state index is 13.5. The van der Waals surface area contributed by atoms with Gasteiger partial charge < -0.3 is 14.6 Å². The van der Waals surface area contributed by atoms with E-state index in [-0.39, 0.29) is 22.9 Å². The quantitative estimate of drug-likeness (QED) is 0.676. The van der Waals surface area contributed by atoms with Crippen LogP contribution in [0.1, 0.15) is 17.0 Å². The molecule has 4 rings (SSSR count). The molecule has 1 saturated heterocycles. The number of imidazole rings is 1. The van der Waals surface area contributed by atoms with Crippen molar-refractivity contribution in [3.63, 3.8) is 0 Å². The van der Waals surface area contributed by atoms with Crippen molar-refractivity contribution in [1.82, 2.24) is 14.9 Å². The van der Waals surface area contributed by atoms with E-state index in [2.05, 4.69) is 9.97 Å². The topological polar surface area (TPSA) is 58.2 Å². The van der Waals surface area contributed by atoms with Crippen LogP contribution in [0.4, 0.5) is 13.2 Å². The minimum atomic E-state index is -4.53. The van der Waals surface area contributed by atoms with E-state index in [9.17, 15) is 18.0 Å². The van der Waals surface area contributed by atoms with Crippen LogP contribution in [0.3, 0.4) is 0 Å². The fourth-order valence-electron chi connectivity index (χ4n) is 3.29. The Morgan fingerprint density at radius 1 is 1.07 bits per heavy atom. The van der Waals surface area contributed by atoms with Gasteiger partial charge in [-0.3, -0.25) is 4.79 Å². The number of nitrogens with one attached hydrogen (secondary N) is 1. The third-order valence-electron chi connectivity index (χ3n) is 4.74. The number of fused-ring (bicyclic) bond motifs is 1. The van der Waals surface area contributed by atoms with Gasteiger partial charge in [-0.2, -0.15) is 13.2 Å². The largest absolute Gasteiger partial charge is 0.416 e. The van der Waals surface area contributed by atoms with Crippen LogP contribution in [0.15, 0.2) is 48.5 Å². The summed E-state index contributed by atoms with van der Waals surface area (Å²) in [5, 5.41) is 0. The van der Waals surface area contributed by atoms with Crippen LogP contribution in [0, 0.1) is 0 Å². The fraction of sp³-hybridized carbons (Fsp3) is 0.238. The number of amides is 1. The normalized spacial score (nSPS) is 15.7. The Bertz CT molecular complexity index is 1030. The summed E-state index contributed by atoms with van der Waals surface area (Å²) >= 11 is 0. The number of aromatic nitrogens is 2. The minimum Gasteiger partial charge on any atom is -0.378 e. The van der Waals surface area contributed by atoms with Crippen molar-refractivity contribution in [3.8, 4) is 0 Å². The van der Waals surface area contributed by atoms with Gasteiger partial charge in [0.1, 0.15) is 5.82 Å². The predicted octanol–water partition coefficient (Wildman–Crippen LogP) is 3.98. The molecule has 1 amide bonds. The number of rotatable bonds is 3. The van der Waals surface area contributed by atoms with Crippen molar-refractivity contribution in [1.29, 1.82) is 0 Å². The molecule has 1 aliphatic rings. The van der Waals surface area contributed by atoms with Gasteiger partial charge in [0.15, 0.2) is 0 Å². The van der Waals surface area contributed by atoms with Crippen molar-refractivity contribution in [2.45, 2.75) is 6.18 Å². The number of hydrogen-bond acceptors (Lipinski definition) is 3. The second-order valence-electron chi connectivity index (χ2n) is 6.65. The number of ether oxygens (including phenoxy) is 1. The van der Waals surface area contributed by atoms with E-state index in [0.717, 1.165) is 6.07 Å². The first kappa shape index (κ1) is 19.2. The molecule has 1 N–H and O–H groups in total. The van der Waals surface area contributed by atoms with Crippen molar-refractivity contribution in [2.75, 3.05) is 26.3 Å². The maximum atomic E-state index is 13.5. The zero-order valence-electron chi connectivity index (χ0n) is 15.4. The highest BCUT2D eigenvalue weighted by Gasteiger charge is 2.33. The molecule has 5 nitrogen and oxygen atoms in total. The van der Waals surface area contributed by atoms with E-state index < -0.39 is 11.7 Å². The lowest BCUT2D eigenvalue weighted by atomic mass is 10.0. The van der Waals surface area contributed by atoms with Gasteiger partial charge in [0, 0.05) is 13.1 Å². The average Bonchev–Trinajstić information content (AvgIpc) is 3.15. The molecule has 0 radical (unpaired) electrons. The van der Waals surface area contributed by atoms with Crippen LogP contribution >= 0.6 is 0 Å². The molecule has 1 fully saturated rings. The van der Waals surface area contributed by atoms with Gasteiger partial charge in [-0.1, -0.05) is 30.3 Å². The number of hydrogen-bond donors (Lipinski definition) is 1. The molecule has 0 spiro atoms. The Labute approximate surface area is 164 Å². The molecule has 2 heterocycles. The summed E-state index contributed by atoms with van der Waals surface area (Å²) in [6.07, 6.45) is -3.27. The van der Waals surface area contributed by atoms with E-state index in [0.29, 0.717) is 37.3 Å².